The van der Waals surface area contributed by atoms with E-state index in [0.29, 0.717) is 6.54 Å². The summed E-state index contributed by atoms with van der Waals surface area (Å²) in [5, 5.41) is 12.8. The molecule has 0 saturated heterocycles. The van der Waals surface area contributed by atoms with Crippen LogP contribution in [0.25, 0.3) is 0 Å². The van der Waals surface area contributed by atoms with Crippen LogP contribution in [0.5, 0.6) is 0 Å². The fourth-order valence-corrected chi connectivity index (χ4v) is 1.70. The number of aliphatic hydroxyl groups is 1. The molecule has 1 rings (SSSR count). The number of nitrogens with one attached hydrogen (secondary N) is 1. The number of carbonyl (C=O) groups excluding carboxylic acids is 1. The summed E-state index contributed by atoms with van der Waals surface area (Å²) in [7, 11) is 1.69. The molecule has 0 aliphatic rings. The molecule has 6 heteroatoms. The highest BCUT2D eigenvalue weighted by molar-refractivity contribution is 5.81. The number of hydrogen-bond acceptors (Lipinski definition) is 3. The molecule has 0 aliphatic heterocycles. The molecule has 0 spiro atoms. The van der Waals surface area contributed by atoms with Crippen LogP contribution in [0.3, 0.4) is 0 Å². The van der Waals surface area contributed by atoms with E-state index in [9.17, 15) is 18.7 Å². The quantitative estimate of drug-likeness (QED) is 0.832. The van der Waals surface area contributed by atoms with Crippen LogP contribution in [0.2, 0.25) is 0 Å². The lowest BCUT2D eigenvalue weighted by Crippen LogP contribution is -2.44. The van der Waals surface area contributed by atoms with Crippen molar-refractivity contribution in [1.82, 2.24) is 10.2 Å². The molecule has 0 saturated carbocycles. The average Bonchev–Trinajstić information content (AvgIpc) is 2.45. The predicted molar refractivity (Wildman–Crippen MR) is 72.1 cm³/mol. The van der Waals surface area contributed by atoms with Crippen molar-refractivity contribution in [3.63, 3.8) is 0 Å². The summed E-state index contributed by atoms with van der Waals surface area (Å²) in [5.41, 5.74) is 0.264. The summed E-state index contributed by atoms with van der Waals surface area (Å²) in [6.07, 6.45) is -1.01. The van der Waals surface area contributed by atoms with E-state index in [1.807, 2.05) is 6.92 Å². The van der Waals surface area contributed by atoms with Crippen molar-refractivity contribution in [2.75, 3.05) is 20.1 Å². The van der Waals surface area contributed by atoms with E-state index in [2.05, 4.69) is 5.32 Å². The van der Waals surface area contributed by atoms with Crippen LogP contribution < -0.4 is 5.32 Å². The van der Waals surface area contributed by atoms with Gasteiger partial charge in [0.05, 0.1) is 12.1 Å². The van der Waals surface area contributed by atoms with E-state index in [4.69, 9.17) is 0 Å². The third-order valence-corrected chi connectivity index (χ3v) is 3.17. The van der Waals surface area contributed by atoms with Crippen molar-refractivity contribution in [2.24, 2.45) is 0 Å². The molecule has 1 amide bonds. The van der Waals surface area contributed by atoms with E-state index in [1.54, 1.807) is 18.9 Å². The van der Waals surface area contributed by atoms with Gasteiger partial charge < -0.3 is 15.3 Å². The summed E-state index contributed by atoms with van der Waals surface area (Å²) < 4.78 is 25.8. The zero-order chi connectivity index (χ0) is 15.3. The third kappa shape index (κ3) is 4.25. The molecule has 0 fully saturated rings. The Morgan fingerprint density at radius 1 is 1.40 bits per heavy atom. The number of rotatable bonds is 6. The van der Waals surface area contributed by atoms with Crippen molar-refractivity contribution in [1.29, 1.82) is 0 Å². The molecule has 2 unspecified atom stereocenters. The first-order chi connectivity index (χ1) is 9.36. The van der Waals surface area contributed by atoms with E-state index in [1.165, 1.54) is 6.07 Å². The van der Waals surface area contributed by atoms with Gasteiger partial charge in [0.2, 0.25) is 5.91 Å². The number of carbonyl (C=O) groups is 1. The van der Waals surface area contributed by atoms with Gasteiger partial charge in [-0.3, -0.25) is 4.79 Å². The second-order valence-corrected chi connectivity index (χ2v) is 4.67. The van der Waals surface area contributed by atoms with E-state index >= 15 is 0 Å². The SMILES string of the molecule is CCN(C)C(=O)C(C)NCC(O)c1ccc(F)c(F)c1. The molecule has 0 bridgehead atoms. The monoisotopic (exact) mass is 286 g/mol. The van der Waals surface area contributed by atoms with Crippen LogP contribution >= 0.6 is 0 Å². The molecule has 2 atom stereocenters. The van der Waals surface area contributed by atoms with Gasteiger partial charge in [-0.2, -0.15) is 0 Å². The van der Waals surface area contributed by atoms with Crippen molar-refractivity contribution in [2.45, 2.75) is 26.0 Å². The highest BCUT2D eigenvalue weighted by Crippen LogP contribution is 2.15. The Hall–Kier alpha value is -1.53. The zero-order valence-corrected chi connectivity index (χ0v) is 11.9. The summed E-state index contributed by atoms with van der Waals surface area (Å²) in [5.74, 6) is -2.05. The molecule has 0 aliphatic carbocycles. The number of likely N-dealkylation sites (N-methyl/N-ethyl adjacent to an activating group) is 1. The normalized spacial score (nSPS) is 13.9. The van der Waals surface area contributed by atoms with Crippen LogP contribution in [-0.4, -0.2) is 42.1 Å². The second kappa shape index (κ2) is 7.31. The highest BCUT2D eigenvalue weighted by Gasteiger charge is 2.18. The van der Waals surface area contributed by atoms with E-state index in [-0.39, 0.29) is 18.0 Å². The van der Waals surface area contributed by atoms with E-state index in [0.717, 1.165) is 12.1 Å². The van der Waals surface area contributed by atoms with Gasteiger partial charge >= 0.3 is 0 Å². The van der Waals surface area contributed by atoms with Crippen LogP contribution in [0.15, 0.2) is 18.2 Å². The Morgan fingerprint density at radius 3 is 2.60 bits per heavy atom. The topological polar surface area (TPSA) is 52.6 Å². The summed E-state index contributed by atoms with van der Waals surface area (Å²) in [4.78, 5) is 13.4. The molecule has 112 valence electrons. The zero-order valence-electron chi connectivity index (χ0n) is 11.9. The largest absolute Gasteiger partial charge is 0.387 e. The summed E-state index contributed by atoms with van der Waals surface area (Å²) in [6, 6.07) is 2.77. The van der Waals surface area contributed by atoms with Crippen molar-refractivity contribution in [3.05, 3.63) is 35.4 Å². The number of halogens is 2. The molecular weight excluding hydrogens is 266 g/mol. The minimum atomic E-state index is -1.01. The van der Waals surface area contributed by atoms with Gasteiger partial charge in [-0.05, 0) is 31.5 Å². The molecule has 2 N–H and O–H groups in total. The lowest BCUT2D eigenvalue weighted by Gasteiger charge is -2.22. The third-order valence-electron chi connectivity index (χ3n) is 3.17. The number of amides is 1. The Bertz CT molecular complexity index is 468. The van der Waals surface area contributed by atoms with Gasteiger partial charge in [-0.15, -0.1) is 0 Å². The standard InChI is InChI=1S/C14H20F2N2O2/c1-4-18(3)14(20)9(2)17-8-13(19)10-5-6-11(15)12(16)7-10/h5-7,9,13,17,19H,4,8H2,1-3H3. The molecule has 1 aromatic carbocycles. The molecule has 0 aromatic heterocycles. The molecule has 4 nitrogen and oxygen atoms in total. The first-order valence-electron chi connectivity index (χ1n) is 6.48. The van der Waals surface area contributed by atoms with Crippen molar-refractivity contribution >= 4 is 5.91 Å². The average molecular weight is 286 g/mol. The van der Waals surface area contributed by atoms with Gasteiger partial charge in [0.25, 0.3) is 0 Å². The number of aliphatic hydroxyl groups excluding tert-OH is 1. The fourth-order valence-electron chi connectivity index (χ4n) is 1.70. The first-order valence-corrected chi connectivity index (χ1v) is 6.48. The van der Waals surface area contributed by atoms with Crippen LogP contribution in [0.1, 0.15) is 25.5 Å². The van der Waals surface area contributed by atoms with Crippen molar-refractivity contribution < 1.29 is 18.7 Å². The van der Waals surface area contributed by atoms with Gasteiger partial charge in [0, 0.05) is 20.1 Å². The number of hydrogen-bond donors (Lipinski definition) is 2. The number of benzene rings is 1. The van der Waals surface area contributed by atoms with Crippen LogP contribution in [-0.2, 0) is 4.79 Å². The molecule has 0 radical (unpaired) electrons. The maximum atomic E-state index is 13.1. The Balaban J connectivity index is 2.56. The fraction of sp³-hybridized carbons (Fsp3) is 0.500. The van der Waals surface area contributed by atoms with Crippen LogP contribution in [0.4, 0.5) is 8.78 Å². The molecule has 0 heterocycles. The number of nitrogens with zero attached hydrogens (tertiary/aromatic N) is 1. The maximum Gasteiger partial charge on any atom is 0.239 e. The Kier molecular flexibility index (Phi) is 6.04. The lowest BCUT2D eigenvalue weighted by atomic mass is 10.1. The lowest BCUT2D eigenvalue weighted by molar-refractivity contribution is -0.131. The van der Waals surface area contributed by atoms with Gasteiger partial charge in [0.1, 0.15) is 0 Å². The van der Waals surface area contributed by atoms with Gasteiger partial charge in [0.15, 0.2) is 11.6 Å². The summed E-state index contributed by atoms with van der Waals surface area (Å²) in [6.45, 7) is 4.22. The van der Waals surface area contributed by atoms with Gasteiger partial charge in [-0.25, -0.2) is 8.78 Å². The first kappa shape index (κ1) is 16.5. The minimum absolute atomic E-state index is 0.0789. The minimum Gasteiger partial charge on any atom is -0.387 e. The van der Waals surface area contributed by atoms with Crippen molar-refractivity contribution in [3.8, 4) is 0 Å². The van der Waals surface area contributed by atoms with Crippen LogP contribution in [0, 0.1) is 11.6 Å². The smallest absolute Gasteiger partial charge is 0.239 e. The summed E-state index contributed by atoms with van der Waals surface area (Å²) >= 11 is 0. The maximum absolute atomic E-state index is 13.1. The van der Waals surface area contributed by atoms with E-state index < -0.39 is 23.8 Å². The predicted octanol–water partition coefficient (Wildman–Crippen LogP) is 1.45. The highest BCUT2D eigenvalue weighted by atomic mass is 19.2. The Labute approximate surface area is 117 Å². The second-order valence-electron chi connectivity index (χ2n) is 4.67. The molecule has 20 heavy (non-hydrogen) atoms. The van der Waals surface area contributed by atoms with Gasteiger partial charge in [-0.1, -0.05) is 6.07 Å². The Morgan fingerprint density at radius 2 is 2.05 bits per heavy atom. The molecule has 1 aromatic rings. The molecular formula is C14H20F2N2O2.